The first-order valence-electron chi connectivity index (χ1n) is 20.7. The second kappa shape index (κ2) is 19.7. The molecule has 0 aliphatic rings. The first-order chi connectivity index (χ1) is 29.3. The molecule has 0 bridgehead atoms. The van der Waals surface area contributed by atoms with E-state index in [0.717, 1.165) is 0 Å². The average molecular weight is 1070 g/mol. The van der Waals surface area contributed by atoms with E-state index >= 15 is 25.3 Å². The van der Waals surface area contributed by atoms with E-state index < -0.39 is 51.3 Å². The fourth-order valence-electron chi connectivity index (χ4n) is 7.88. The summed E-state index contributed by atoms with van der Waals surface area (Å²) in [5, 5.41) is 0. The van der Waals surface area contributed by atoms with Crippen molar-refractivity contribution in [3.8, 4) is 0 Å². The molecule has 0 spiro atoms. The fourth-order valence-corrected chi connectivity index (χ4v) is 28.4. The topological polar surface area (TPSA) is 112 Å². The molecule has 0 unspecified atom stereocenters. The van der Waals surface area contributed by atoms with Gasteiger partial charge in [-0.2, -0.15) is 0 Å². The first-order valence-corrected chi connectivity index (χ1v) is 30.3. The molecule has 0 heterocycles. The van der Waals surface area contributed by atoms with Gasteiger partial charge in [-0.15, -0.1) is 0 Å². The molecule has 0 amide bonds. The van der Waals surface area contributed by atoms with Crippen LogP contribution in [0.3, 0.4) is 0 Å². The molecule has 0 atom stereocenters. The van der Waals surface area contributed by atoms with E-state index in [4.69, 9.17) is 0 Å². The van der Waals surface area contributed by atoms with E-state index in [-0.39, 0.29) is 29.4 Å². The van der Waals surface area contributed by atoms with Crippen LogP contribution in [0.1, 0.15) is 41.5 Å². The Bertz CT molecular complexity index is 2510. The van der Waals surface area contributed by atoms with Crippen molar-refractivity contribution < 1.29 is 25.3 Å². The van der Waals surface area contributed by atoms with Gasteiger partial charge >= 0.3 is 374 Å². The van der Waals surface area contributed by atoms with Gasteiger partial charge in [-0.3, -0.25) is 0 Å². The molecule has 0 aliphatic carbocycles. The molecule has 0 saturated carbocycles. The molecule has 6 aromatic carbocycles. The van der Waals surface area contributed by atoms with E-state index in [0.29, 0.717) is 66.1 Å². The van der Waals surface area contributed by atoms with Crippen LogP contribution in [0.4, 0.5) is 17.1 Å². The summed E-state index contributed by atoms with van der Waals surface area (Å²) in [7, 11) is -12.8. The summed E-state index contributed by atoms with van der Waals surface area (Å²) < 4.78 is 93.2. The first kappa shape index (κ1) is 46.0. The SMILES string of the molecule is CCN(CC)c1ccccc1S(=O)(=O)c1cccc[c]1[Bi]([c]1ccccc1S(=O)(=O)c1ccccc1N(CC)CC)[c]1ccccc1S(=O)(=O)c1ccccc1N(CC)CC. The molecular weight excluding hydrogens is 1020 g/mol. The zero-order valence-electron chi connectivity index (χ0n) is 35.6. The van der Waals surface area contributed by atoms with Crippen LogP contribution in [0.15, 0.2) is 175 Å². The Morgan fingerprint density at radius 2 is 0.508 bits per heavy atom. The number of hydrogen-bond donors (Lipinski definition) is 0. The third kappa shape index (κ3) is 8.90. The zero-order valence-corrected chi connectivity index (χ0v) is 41.5. The molecule has 0 saturated heterocycles. The molecule has 13 heteroatoms. The molecular formula is C48H54BiN3O6S3. The molecule has 0 fully saturated rings. The Hall–Kier alpha value is -4.55. The molecule has 9 nitrogen and oxygen atoms in total. The maximum absolute atomic E-state index is 15.3. The normalized spacial score (nSPS) is 12.0. The number of benzene rings is 6. The predicted molar refractivity (Wildman–Crippen MR) is 250 cm³/mol. The zero-order chi connectivity index (χ0) is 44.0. The number of hydrogen-bond acceptors (Lipinski definition) is 9. The summed E-state index contributed by atoms with van der Waals surface area (Å²) in [4.78, 5) is 6.41. The van der Waals surface area contributed by atoms with Crippen LogP contribution in [0, 0.1) is 0 Å². The van der Waals surface area contributed by atoms with Crippen LogP contribution in [-0.2, 0) is 29.5 Å². The summed E-state index contributed by atoms with van der Waals surface area (Å²) in [6.07, 6.45) is 0. The van der Waals surface area contributed by atoms with E-state index in [2.05, 4.69) is 0 Å². The van der Waals surface area contributed by atoms with Crippen LogP contribution >= 0.6 is 0 Å². The van der Waals surface area contributed by atoms with Crippen LogP contribution in [0.2, 0.25) is 0 Å². The standard InChI is InChI=1S/3C16H18NO2S.Bi/c3*1-3-17(4-2)15-12-8-9-13-16(15)20(18,19)14-10-6-5-7-11-14;/h3*5-10,12-13H,3-4H2,1-2H3;. The van der Waals surface area contributed by atoms with E-state index in [9.17, 15) is 0 Å². The second-order valence-corrected chi connectivity index (χ2v) is 28.1. The number of rotatable bonds is 18. The summed E-state index contributed by atoms with van der Waals surface area (Å²) in [5.74, 6) is 0. The fraction of sp³-hybridized carbons (Fsp3) is 0.250. The van der Waals surface area contributed by atoms with Gasteiger partial charge in [-0.25, -0.2) is 0 Å². The summed E-state index contributed by atoms with van der Waals surface area (Å²) in [6, 6.07) is 41.0. The molecule has 0 aromatic heterocycles. The third-order valence-electron chi connectivity index (χ3n) is 11.0. The molecule has 61 heavy (non-hydrogen) atoms. The van der Waals surface area contributed by atoms with Gasteiger partial charge in [-0.05, 0) is 0 Å². The average Bonchev–Trinajstić information content (AvgIpc) is 3.28. The molecule has 6 rings (SSSR count). The van der Waals surface area contributed by atoms with Crippen molar-refractivity contribution in [2.24, 2.45) is 0 Å². The Kier molecular flexibility index (Phi) is 14.8. The van der Waals surface area contributed by atoms with Gasteiger partial charge in [0.25, 0.3) is 0 Å². The Labute approximate surface area is 371 Å². The van der Waals surface area contributed by atoms with Gasteiger partial charge in [0.1, 0.15) is 0 Å². The van der Waals surface area contributed by atoms with Crippen LogP contribution in [0.25, 0.3) is 0 Å². The quantitative estimate of drug-likeness (QED) is 0.0824. The second-order valence-electron chi connectivity index (χ2n) is 14.2. The van der Waals surface area contributed by atoms with Gasteiger partial charge in [0.15, 0.2) is 0 Å². The van der Waals surface area contributed by atoms with Crippen molar-refractivity contribution in [1.82, 2.24) is 0 Å². The molecule has 0 radical (unpaired) electrons. The van der Waals surface area contributed by atoms with Crippen LogP contribution < -0.4 is 24.5 Å². The molecule has 320 valence electrons. The van der Waals surface area contributed by atoms with E-state index in [1.807, 2.05) is 74.4 Å². The Morgan fingerprint density at radius 3 is 0.738 bits per heavy atom. The van der Waals surface area contributed by atoms with Crippen molar-refractivity contribution >= 4 is 78.1 Å². The van der Waals surface area contributed by atoms with Gasteiger partial charge in [0, 0.05) is 0 Å². The van der Waals surface area contributed by atoms with Gasteiger partial charge in [0.05, 0.1) is 0 Å². The molecule has 0 aliphatic heterocycles. The van der Waals surface area contributed by atoms with Gasteiger partial charge in [-0.1, -0.05) is 0 Å². The van der Waals surface area contributed by atoms with E-state index in [1.54, 1.807) is 127 Å². The molecule has 0 N–H and O–H groups in total. The Balaban J connectivity index is 1.73. The number of sulfone groups is 3. The minimum absolute atomic E-state index is 0.0267. The third-order valence-corrected chi connectivity index (χ3v) is 28.6. The van der Waals surface area contributed by atoms with Crippen molar-refractivity contribution in [3.63, 3.8) is 0 Å². The van der Waals surface area contributed by atoms with Crippen molar-refractivity contribution in [2.75, 3.05) is 54.0 Å². The van der Waals surface area contributed by atoms with Gasteiger partial charge < -0.3 is 0 Å². The number of anilines is 3. The van der Waals surface area contributed by atoms with Crippen LogP contribution in [-0.4, -0.2) is 86.3 Å². The minimum atomic E-state index is -4.48. The van der Waals surface area contributed by atoms with Crippen molar-refractivity contribution in [3.05, 3.63) is 146 Å². The predicted octanol–water partition coefficient (Wildman–Crippen LogP) is 7.24. The summed E-state index contributed by atoms with van der Waals surface area (Å²) in [6.45, 7) is 15.3. The van der Waals surface area contributed by atoms with Gasteiger partial charge in [0.2, 0.25) is 0 Å². The molecule has 6 aromatic rings. The number of nitrogens with zero attached hydrogens (tertiary/aromatic N) is 3. The van der Waals surface area contributed by atoms with Crippen molar-refractivity contribution in [1.29, 1.82) is 0 Å². The van der Waals surface area contributed by atoms with Crippen LogP contribution in [0.5, 0.6) is 0 Å². The summed E-state index contributed by atoms with van der Waals surface area (Å²) in [5.41, 5.74) is 1.67. The van der Waals surface area contributed by atoms with E-state index in [1.165, 1.54) is 0 Å². The summed E-state index contributed by atoms with van der Waals surface area (Å²) >= 11 is -4.48. The maximum atomic E-state index is 15.3. The number of para-hydroxylation sites is 3. The monoisotopic (exact) mass is 1070 g/mol. The van der Waals surface area contributed by atoms with Crippen molar-refractivity contribution in [2.45, 2.75) is 70.9 Å². The Morgan fingerprint density at radius 1 is 0.311 bits per heavy atom.